The zero-order valence-electron chi connectivity index (χ0n) is 20.8. The predicted octanol–water partition coefficient (Wildman–Crippen LogP) is 5.59. The molecule has 0 aliphatic carbocycles. The summed E-state index contributed by atoms with van der Waals surface area (Å²) in [7, 11) is 4.98. The number of thiophene rings is 1. The van der Waals surface area contributed by atoms with Gasteiger partial charge in [0.15, 0.2) is 11.5 Å². The Bertz CT molecular complexity index is 1290. The standard InChI is InChI=1S/C27H32N4O3S/c1-17(29-27-21-14-23(33-4)24(34-5)15-22(21)30-18(2)31-27)25-10-11-26(35-25)20-9-7-6-8-19(20)16-28-12-13-32-3/h6-11,14-15,17,28H,12-13,16H2,1-5H3,(H,29,30,31). The number of nitrogens with one attached hydrogen (secondary N) is 2. The third-order valence-electron chi connectivity index (χ3n) is 5.80. The minimum Gasteiger partial charge on any atom is -0.493 e. The Morgan fingerprint density at radius 3 is 2.51 bits per heavy atom. The van der Waals surface area contributed by atoms with E-state index in [2.05, 4.69) is 58.9 Å². The van der Waals surface area contributed by atoms with Gasteiger partial charge in [-0.1, -0.05) is 24.3 Å². The molecule has 184 valence electrons. The smallest absolute Gasteiger partial charge is 0.162 e. The molecule has 4 aromatic rings. The number of hydrogen-bond donors (Lipinski definition) is 2. The Morgan fingerprint density at radius 1 is 0.971 bits per heavy atom. The van der Waals surface area contributed by atoms with E-state index in [0.29, 0.717) is 23.9 Å². The monoisotopic (exact) mass is 492 g/mol. The molecule has 0 saturated carbocycles. The minimum atomic E-state index is 0.0614. The maximum absolute atomic E-state index is 5.51. The Hall–Kier alpha value is -3.20. The maximum atomic E-state index is 5.51. The summed E-state index contributed by atoms with van der Waals surface area (Å²) in [5.74, 6) is 2.77. The van der Waals surface area contributed by atoms with Crippen LogP contribution in [0.25, 0.3) is 21.3 Å². The number of aryl methyl sites for hydroxylation is 1. The van der Waals surface area contributed by atoms with Crippen molar-refractivity contribution < 1.29 is 14.2 Å². The van der Waals surface area contributed by atoms with Crippen LogP contribution < -0.4 is 20.1 Å². The van der Waals surface area contributed by atoms with Crippen LogP contribution in [0.3, 0.4) is 0 Å². The van der Waals surface area contributed by atoms with Crippen molar-refractivity contribution in [1.82, 2.24) is 15.3 Å². The van der Waals surface area contributed by atoms with Gasteiger partial charge in [-0.15, -0.1) is 11.3 Å². The first-order valence-corrected chi connectivity index (χ1v) is 12.4. The molecule has 2 heterocycles. The number of methoxy groups -OCH3 is 3. The zero-order valence-corrected chi connectivity index (χ0v) is 21.7. The highest BCUT2D eigenvalue weighted by molar-refractivity contribution is 7.15. The van der Waals surface area contributed by atoms with Crippen molar-refractivity contribution in [2.75, 3.05) is 39.8 Å². The molecule has 0 spiro atoms. The summed E-state index contributed by atoms with van der Waals surface area (Å²) in [6, 6.07) is 16.8. The lowest BCUT2D eigenvalue weighted by atomic mass is 10.1. The average Bonchev–Trinajstić information content (AvgIpc) is 3.36. The number of hydrogen-bond acceptors (Lipinski definition) is 8. The number of ether oxygens (including phenoxy) is 3. The fraction of sp³-hybridized carbons (Fsp3) is 0.333. The second-order valence-corrected chi connectivity index (χ2v) is 9.35. The van der Waals surface area contributed by atoms with Crippen LogP contribution in [0.2, 0.25) is 0 Å². The van der Waals surface area contributed by atoms with Crippen LogP contribution in [-0.2, 0) is 11.3 Å². The highest BCUT2D eigenvalue weighted by Crippen LogP contribution is 2.37. The van der Waals surface area contributed by atoms with E-state index in [1.165, 1.54) is 20.9 Å². The summed E-state index contributed by atoms with van der Waals surface area (Å²) in [6.45, 7) is 6.37. The quantitative estimate of drug-likeness (QED) is 0.264. The van der Waals surface area contributed by atoms with Crippen LogP contribution in [0, 0.1) is 6.92 Å². The molecule has 35 heavy (non-hydrogen) atoms. The molecule has 7 nitrogen and oxygen atoms in total. The number of nitrogens with zero attached hydrogens (tertiary/aromatic N) is 2. The van der Waals surface area contributed by atoms with E-state index in [0.717, 1.165) is 29.8 Å². The van der Waals surface area contributed by atoms with Gasteiger partial charge in [0.05, 0.1) is 32.4 Å². The molecule has 2 aromatic carbocycles. The van der Waals surface area contributed by atoms with E-state index in [1.54, 1.807) is 32.7 Å². The van der Waals surface area contributed by atoms with Gasteiger partial charge in [-0.3, -0.25) is 0 Å². The highest BCUT2D eigenvalue weighted by Gasteiger charge is 2.16. The predicted molar refractivity (Wildman–Crippen MR) is 143 cm³/mol. The van der Waals surface area contributed by atoms with E-state index < -0.39 is 0 Å². The highest BCUT2D eigenvalue weighted by atomic mass is 32.1. The Labute approximate surface area is 210 Å². The van der Waals surface area contributed by atoms with Crippen LogP contribution >= 0.6 is 11.3 Å². The molecule has 0 fully saturated rings. The number of aromatic nitrogens is 2. The van der Waals surface area contributed by atoms with Gasteiger partial charge in [0.1, 0.15) is 11.6 Å². The third kappa shape index (κ3) is 5.73. The number of anilines is 1. The summed E-state index contributed by atoms with van der Waals surface area (Å²) in [5.41, 5.74) is 3.34. The van der Waals surface area contributed by atoms with Gasteiger partial charge < -0.3 is 24.8 Å². The molecule has 0 amide bonds. The molecule has 0 bridgehead atoms. The lowest BCUT2D eigenvalue weighted by Gasteiger charge is -2.17. The molecule has 0 saturated heterocycles. The molecular formula is C27H32N4O3S. The lowest BCUT2D eigenvalue weighted by Crippen LogP contribution is -2.18. The SMILES string of the molecule is COCCNCc1ccccc1-c1ccc(C(C)Nc2nc(C)nc3cc(OC)c(OC)cc23)s1. The van der Waals surface area contributed by atoms with Crippen molar-refractivity contribution in [1.29, 1.82) is 0 Å². The van der Waals surface area contributed by atoms with E-state index in [1.807, 2.05) is 19.1 Å². The molecule has 4 rings (SSSR count). The van der Waals surface area contributed by atoms with Crippen molar-refractivity contribution in [3.63, 3.8) is 0 Å². The Balaban J connectivity index is 1.58. The first-order valence-electron chi connectivity index (χ1n) is 11.6. The summed E-state index contributed by atoms with van der Waals surface area (Å²) < 4.78 is 16.1. The van der Waals surface area contributed by atoms with Gasteiger partial charge in [0.25, 0.3) is 0 Å². The second kappa shape index (κ2) is 11.5. The maximum Gasteiger partial charge on any atom is 0.162 e. The van der Waals surface area contributed by atoms with Crippen molar-refractivity contribution in [3.05, 3.63) is 64.8 Å². The molecular weight excluding hydrogens is 460 g/mol. The van der Waals surface area contributed by atoms with Gasteiger partial charge in [0, 0.05) is 41.4 Å². The topological polar surface area (TPSA) is 77.5 Å². The summed E-state index contributed by atoms with van der Waals surface area (Å²) >= 11 is 1.79. The molecule has 8 heteroatoms. The summed E-state index contributed by atoms with van der Waals surface area (Å²) in [4.78, 5) is 11.8. The Kier molecular flexibility index (Phi) is 8.17. The lowest BCUT2D eigenvalue weighted by molar-refractivity contribution is 0.199. The van der Waals surface area contributed by atoms with E-state index >= 15 is 0 Å². The summed E-state index contributed by atoms with van der Waals surface area (Å²) in [6.07, 6.45) is 0. The van der Waals surface area contributed by atoms with Gasteiger partial charge in [-0.25, -0.2) is 9.97 Å². The normalized spacial score (nSPS) is 12.0. The average molecular weight is 493 g/mol. The first-order chi connectivity index (χ1) is 17.0. The zero-order chi connectivity index (χ0) is 24.8. The van der Waals surface area contributed by atoms with Crippen LogP contribution in [0.15, 0.2) is 48.5 Å². The van der Waals surface area contributed by atoms with Crippen molar-refractivity contribution in [3.8, 4) is 21.9 Å². The molecule has 0 aliphatic heterocycles. The third-order valence-corrected chi connectivity index (χ3v) is 7.10. The molecule has 1 atom stereocenters. The largest absolute Gasteiger partial charge is 0.493 e. The fourth-order valence-electron chi connectivity index (χ4n) is 4.00. The van der Waals surface area contributed by atoms with E-state index in [9.17, 15) is 0 Å². The van der Waals surface area contributed by atoms with Crippen molar-refractivity contribution in [2.45, 2.75) is 26.4 Å². The molecule has 0 radical (unpaired) electrons. The Morgan fingerprint density at radius 2 is 1.74 bits per heavy atom. The van der Waals surface area contributed by atoms with Crippen molar-refractivity contribution >= 4 is 28.1 Å². The molecule has 1 unspecified atom stereocenters. The minimum absolute atomic E-state index is 0.0614. The number of fused-ring (bicyclic) bond motifs is 1. The molecule has 2 aromatic heterocycles. The fourth-order valence-corrected chi connectivity index (χ4v) is 5.07. The van der Waals surface area contributed by atoms with Gasteiger partial charge in [0.2, 0.25) is 0 Å². The van der Waals surface area contributed by atoms with Gasteiger partial charge >= 0.3 is 0 Å². The molecule has 0 aliphatic rings. The number of benzene rings is 2. The second-order valence-electron chi connectivity index (χ2n) is 8.24. The van der Waals surface area contributed by atoms with Crippen molar-refractivity contribution in [2.24, 2.45) is 0 Å². The summed E-state index contributed by atoms with van der Waals surface area (Å²) in [5, 5.41) is 7.94. The van der Waals surface area contributed by atoms with Crippen LogP contribution in [0.1, 0.15) is 29.2 Å². The van der Waals surface area contributed by atoms with Crippen LogP contribution in [0.5, 0.6) is 11.5 Å². The van der Waals surface area contributed by atoms with Crippen LogP contribution in [0.4, 0.5) is 5.82 Å². The first kappa shape index (κ1) is 24.9. The number of rotatable bonds is 11. The van der Waals surface area contributed by atoms with E-state index in [-0.39, 0.29) is 6.04 Å². The van der Waals surface area contributed by atoms with E-state index in [4.69, 9.17) is 19.2 Å². The van der Waals surface area contributed by atoms with Gasteiger partial charge in [-0.2, -0.15) is 0 Å². The van der Waals surface area contributed by atoms with Gasteiger partial charge in [-0.05, 0) is 43.2 Å². The molecule has 2 N–H and O–H groups in total. The van der Waals surface area contributed by atoms with Crippen LogP contribution in [-0.4, -0.2) is 44.4 Å².